The Kier molecular flexibility index (Phi) is 4.29. The molecule has 3 rings (SSSR count). The second-order valence-electron chi connectivity index (χ2n) is 5.76. The number of benzene rings is 3. The molecule has 3 nitrogen and oxygen atoms in total. The van der Waals surface area contributed by atoms with E-state index in [1.165, 1.54) is 11.1 Å². The topological polar surface area (TPSA) is 41.1 Å². The number of carbonyl (C=O) groups is 1. The van der Waals surface area contributed by atoms with Gasteiger partial charge in [0.2, 0.25) is 0 Å². The van der Waals surface area contributed by atoms with E-state index in [1.807, 2.05) is 42.5 Å². The lowest BCUT2D eigenvalue weighted by Crippen LogP contribution is -2.28. The van der Waals surface area contributed by atoms with Crippen molar-refractivity contribution in [1.82, 2.24) is 5.32 Å². The fraction of sp³-hybridized carbons (Fsp3) is 0.150. The standard InChI is InChI=1S/C20H20N2O/c1-14-10-11-17(15(2)12-14)13-21-20(23)22-19-9-5-7-16-6-3-4-8-18(16)19/h3-12H,13H2,1-2H3,(H2,21,22,23). The van der Waals surface area contributed by atoms with Crippen LogP contribution >= 0.6 is 0 Å². The first-order valence-electron chi connectivity index (χ1n) is 7.72. The fourth-order valence-corrected chi connectivity index (χ4v) is 2.72. The van der Waals surface area contributed by atoms with E-state index in [4.69, 9.17) is 0 Å². The number of rotatable bonds is 3. The van der Waals surface area contributed by atoms with Crippen LogP contribution in [0.2, 0.25) is 0 Å². The number of carbonyl (C=O) groups excluding carboxylic acids is 1. The smallest absolute Gasteiger partial charge is 0.319 e. The highest BCUT2D eigenvalue weighted by Gasteiger charge is 2.06. The summed E-state index contributed by atoms with van der Waals surface area (Å²) >= 11 is 0. The van der Waals surface area contributed by atoms with Gasteiger partial charge in [-0.15, -0.1) is 0 Å². The van der Waals surface area contributed by atoms with Crippen molar-refractivity contribution >= 4 is 22.5 Å². The van der Waals surface area contributed by atoms with Crippen molar-refractivity contribution in [2.24, 2.45) is 0 Å². The third-order valence-corrected chi connectivity index (χ3v) is 3.98. The SMILES string of the molecule is Cc1ccc(CNC(=O)Nc2cccc3ccccc23)c(C)c1. The summed E-state index contributed by atoms with van der Waals surface area (Å²) in [5.74, 6) is 0. The monoisotopic (exact) mass is 304 g/mol. The van der Waals surface area contributed by atoms with Gasteiger partial charge in [-0.1, -0.05) is 60.2 Å². The van der Waals surface area contributed by atoms with Gasteiger partial charge >= 0.3 is 6.03 Å². The number of fused-ring (bicyclic) bond motifs is 1. The maximum absolute atomic E-state index is 12.2. The molecule has 3 aromatic carbocycles. The van der Waals surface area contributed by atoms with Gasteiger partial charge < -0.3 is 10.6 Å². The Bertz CT molecular complexity index is 850. The predicted molar refractivity (Wildman–Crippen MR) is 95.7 cm³/mol. The van der Waals surface area contributed by atoms with Crippen LogP contribution in [-0.4, -0.2) is 6.03 Å². The molecule has 2 amide bonds. The summed E-state index contributed by atoms with van der Waals surface area (Å²) in [7, 11) is 0. The summed E-state index contributed by atoms with van der Waals surface area (Å²) in [5, 5.41) is 8.01. The average molecular weight is 304 g/mol. The molecular formula is C20H20N2O. The van der Waals surface area contributed by atoms with Crippen LogP contribution in [0.15, 0.2) is 60.7 Å². The third-order valence-electron chi connectivity index (χ3n) is 3.98. The number of nitrogens with one attached hydrogen (secondary N) is 2. The molecule has 0 radical (unpaired) electrons. The Hall–Kier alpha value is -2.81. The van der Waals surface area contributed by atoms with E-state index in [0.29, 0.717) is 6.54 Å². The Morgan fingerprint density at radius 1 is 0.957 bits per heavy atom. The summed E-state index contributed by atoms with van der Waals surface area (Å²) in [6.45, 7) is 4.65. The zero-order valence-corrected chi connectivity index (χ0v) is 13.4. The minimum absolute atomic E-state index is 0.193. The van der Waals surface area contributed by atoms with E-state index < -0.39 is 0 Å². The van der Waals surface area contributed by atoms with Crippen molar-refractivity contribution in [3.8, 4) is 0 Å². The number of aryl methyl sites for hydroxylation is 2. The molecule has 0 aromatic heterocycles. The molecule has 0 heterocycles. The van der Waals surface area contributed by atoms with Crippen molar-refractivity contribution in [1.29, 1.82) is 0 Å². The molecule has 0 aliphatic carbocycles. The lowest BCUT2D eigenvalue weighted by Gasteiger charge is -2.11. The molecule has 0 spiro atoms. The lowest BCUT2D eigenvalue weighted by molar-refractivity contribution is 0.252. The molecule has 0 saturated carbocycles. The highest BCUT2D eigenvalue weighted by Crippen LogP contribution is 2.22. The van der Waals surface area contributed by atoms with Gasteiger partial charge in [-0.25, -0.2) is 4.79 Å². The van der Waals surface area contributed by atoms with Crippen molar-refractivity contribution < 1.29 is 4.79 Å². The molecule has 23 heavy (non-hydrogen) atoms. The van der Waals surface area contributed by atoms with Gasteiger partial charge in [-0.3, -0.25) is 0 Å². The maximum atomic E-state index is 12.2. The summed E-state index contributed by atoms with van der Waals surface area (Å²) in [5.41, 5.74) is 4.37. The molecule has 116 valence electrons. The van der Waals surface area contributed by atoms with Gasteiger partial charge in [0, 0.05) is 11.9 Å². The van der Waals surface area contributed by atoms with Gasteiger partial charge in [0.25, 0.3) is 0 Å². The fourth-order valence-electron chi connectivity index (χ4n) is 2.72. The summed E-state index contributed by atoms with van der Waals surface area (Å²) in [6.07, 6.45) is 0. The second-order valence-corrected chi connectivity index (χ2v) is 5.76. The molecule has 3 aromatic rings. The number of hydrogen-bond donors (Lipinski definition) is 2. The van der Waals surface area contributed by atoms with Crippen LogP contribution in [0.1, 0.15) is 16.7 Å². The Morgan fingerprint density at radius 3 is 2.57 bits per heavy atom. The van der Waals surface area contributed by atoms with E-state index in [-0.39, 0.29) is 6.03 Å². The highest BCUT2D eigenvalue weighted by molar-refractivity contribution is 6.01. The molecule has 0 fully saturated rings. The highest BCUT2D eigenvalue weighted by atomic mass is 16.2. The van der Waals surface area contributed by atoms with Crippen molar-refractivity contribution in [3.63, 3.8) is 0 Å². The minimum atomic E-state index is -0.193. The van der Waals surface area contributed by atoms with Crippen molar-refractivity contribution in [3.05, 3.63) is 77.4 Å². The summed E-state index contributed by atoms with van der Waals surface area (Å²) in [4.78, 5) is 12.2. The van der Waals surface area contributed by atoms with Crippen LogP contribution < -0.4 is 10.6 Å². The van der Waals surface area contributed by atoms with E-state index >= 15 is 0 Å². The summed E-state index contributed by atoms with van der Waals surface area (Å²) < 4.78 is 0. The molecule has 0 aliphatic rings. The number of hydrogen-bond acceptors (Lipinski definition) is 1. The number of anilines is 1. The first-order valence-corrected chi connectivity index (χ1v) is 7.72. The van der Waals surface area contributed by atoms with Gasteiger partial charge in [-0.05, 0) is 36.4 Å². The van der Waals surface area contributed by atoms with Crippen LogP contribution in [-0.2, 0) is 6.54 Å². The zero-order valence-electron chi connectivity index (χ0n) is 13.4. The van der Waals surface area contributed by atoms with Crippen LogP contribution in [0.5, 0.6) is 0 Å². The largest absolute Gasteiger partial charge is 0.334 e. The summed E-state index contributed by atoms with van der Waals surface area (Å²) in [6, 6.07) is 20.0. The second kappa shape index (κ2) is 6.53. The normalized spacial score (nSPS) is 10.5. The van der Waals surface area contributed by atoms with E-state index in [9.17, 15) is 4.79 Å². The first-order chi connectivity index (χ1) is 11.1. The molecule has 0 aliphatic heterocycles. The Balaban J connectivity index is 1.69. The Morgan fingerprint density at radius 2 is 1.74 bits per heavy atom. The van der Waals surface area contributed by atoms with Crippen molar-refractivity contribution in [2.45, 2.75) is 20.4 Å². The molecule has 0 atom stereocenters. The van der Waals surface area contributed by atoms with Gasteiger partial charge in [0.05, 0.1) is 5.69 Å². The molecule has 0 unspecified atom stereocenters. The van der Waals surface area contributed by atoms with Crippen LogP contribution in [0.25, 0.3) is 10.8 Å². The van der Waals surface area contributed by atoms with Gasteiger partial charge in [-0.2, -0.15) is 0 Å². The average Bonchev–Trinajstić information content (AvgIpc) is 2.54. The van der Waals surface area contributed by atoms with Crippen LogP contribution in [0.3, 0.4) is 0 Å². The lowest BCUT2D eigenvalue weighted by atomic mass is 10.1. The minimum Gasteiger partial charge on any atom is -0.334 e. The number of urea groups is 1. The van der Waals surface area contributed by atoms with Gasteiger partial charge in [0.15, 0.2) is 0 Å². The van der Waals surface area contributed by atoms with Crippen LogP contribution in [0.4, 0.5) is 10.5 Å². The molecular weight excluding hydrogens is 284 g/mol. The van der Waals surface area contributed by atoms with E-state index in [1.54, 1.807) is 0 Å². The van der Waals surface area contributed by atoms with Crippen molar-refractivity contribution in [2.75, 3.05) is 5.32 Å². The van der Waals surface area contributed by atoms with E-state index in [2.05, 4.69) is 42.7 Å². The quantitative estimate of drug-likeness (QED) is 0.718. The first kappa shape index (κ1) is 15.1. The number of amides is 2. The van der Waals surface area contributed by atoms with E-state index in [0.717, 1.165) is 22.0 Å². The molecule has 2 N–H and O–H groups in total. The van der Waals surface area contributed by atoms with Gasteiger partial charge in [0.1, 0.15) is 0 Å². The molecule has 0 bridgehead atoms. The third kappa shape index (κ3) is 3.51. The maximum Gasteiger partial charge on any atom is 0.319 e. The predicted octanol–water partition coefficient (Wildman–Crippen LogP) is 4.78. The zero-order chi connectivity index (χ0) is 16.2. The van der Waals surface area contributed by atoms with Crippen LogP contribution in [0, 0.1) is 13.8 Å². The molecule has 3 heteroatoms. The molecule has 0 saturated heterocycles. The Labute approximate surface area is 136 Å².